The van der Waals surface area contributed by atoms with Gasteiger partial charge in [-0.15, -0.1) is 11.8 Å². The van der Waals surface area contributed by atoms with Crippen LogP contribution in [0.1, 0.15) is 6.23 Å². The van der Waals surface area contributed by atoms with Crippen LogP contribution in [0.3, 0.4) is 0 Å². The molecular weight excluding hydrogens is 394 g/mol. The van der Waals surface area contributed by atoms with E-state index in [0.29, 0.717) is 11.8 Å². The number of ether oxygens (including phenoxy) is 1. The largest absolute Gasteiger partial charge is 0.387 e. The van der Waals surface area contributed by atoms with E-state index in [0.717, 1.165) is 10.9 Å². The van der Waals surface area contributed by atoms with Crippen molar-refractivity contribution >= 4 is 39.0 Å². The maximum Gasteiger partial charge on any atom is 0.280 e. The van der Waals surface area contributed by atoms with Gasteiger partial charge in [-0.25, -0.2) is 4.98 Å². The number of hydrogen-bond acceptors (Lipinski definition) is 11. The van der Waals surface area contributed by atoms with Crippen molar-refractivity contribution in [3.63, 3.8) is 0 Å². The molecule has 13 nitrogen and oxygen atoms in total. The second kappa shape index (κ2) is 6.76. The van der Waals surface area contributed by atoms with Crippen molar-refractivity contribution in [2.75, 3.05) is 10.8 Å². The molecule has 0 saturated carbocycles. The third-order valence-electron chi connectivity index (χ3n) is 3.67. The lowest BCUT2D eigenvalue weighted by Crippen LogP contribution is -2.37. The Labute approximate surface area is 149 Å². The molecule has 7 N–H and O–H groups in total. The van der Waals surface area contributed by atoms with Crippen LogP contribution < -0.4 is 11.3 Å². The molecule has 2 aromatic rings. The summed E-state index contributed by atoms with van der Waals surface area (Å²) in [7, 11) is -4.35. The van der Waals surface area contributed by atoms with Crippen LogP contribution in [0.4, 0.5) is 5.95 Å². The molecule has 2 aromatic heterocycles. The minimum atomic E-state index is -4.35. The number of aliphatic hydroxyl groups is 3. The Kier molecular flexibility index (Phi) is 4.95. The second-order valence-electron chi connectivity index (χ2n) is 5.50. The van der Waals surface area contributed by atoms with Gasteiger partial charge in [-0.3, -0.25) is 18.9 Å². The predicted molar refractivity (Wildman–Crippen MR) is 88.5 cm³/mol. The number of rotatable bonds is 5. The Balaban J connectivity index is 1.87. The van der Waals surface area contributed by atoms with Crippen LogP contribution in [0.15, 0.2) is 11.1 Å². The number of nitrogens with zero attached hydrogens (tertiary/aromatic N) is 3. The maximum atomic E-state index is 11.8. The van der Waals surface area contributed by atoms with Gasteiger partial charge >= 0.3 is 0 Å². The molecule has 1 unspecified atom stereocenters. The fourth-order valence-corrected chi connectivity index (χ4v) is 4.19. The average molecular weight is 409 g/mol. The van der Waals surface area contributed by atoms with Gasteiger partial charge in [-0.05, 0) is 0 Å². The first-order valence-corrected chi connectivity index (χ1v) is 9.73. The van der Waals surface area contributed by atoms with Gasteiger partial charge in [-0.1, -0.05) is 0 Å². The highest BCUT2D eigenvalue weighted by Crippen LogP contribution is 2.35. The molecule has 1 aliphatic heterocycles. The molecule has 0 spiro atoms. The van der Waals surface area contributed by atoms with E-state index in [1.807, 2.05) is 0 Å². The number of nitrogens with one attached hydrogen (secondary N) is 1. The summed E-state index contributed by atoms with van der Waals surface area (Å²) in [6, 6.07) is 0. The molecule has 0 bridgehead atoms. The number of nitrogen functional groups attached to an aromatic ring is 1. The molecule has 26 heavy (non-hydrogen) atoms. The summed E-state index contributed by atoms with van der Waals surface area (Å²) in [4.78, 5) is 21.8. The molecule has 15 heteroatoms. The molecule has 3 rings (SSSR count). The van der Waals surface area contributed by atoms with Crippen molar-refractivity contribution in [3.8, 4) is 0 Å². The van der Waals surface area contributed by atoms with Crippen LogP contribution in [0.5, 0.6) is 0 Å². The SMILES string of the molecule is Nc1nc2c(ncn2[C@@H]2O[C@H](C(O)SCS(=O)(=O)O)[C@@H](O)[C@H]2O)c(=O)[nH]1. The Hall–Kier alpha value is -1.75. The average Bonchev–Trinajstić information content (AvgIpc) is 3.07. The van der Waals surface area contributed by atoms with Crippen molar-refractivity contribution in [1.29, 1.82) is 0 Å². The summed E-state index contributed by atoms with van der Waals surface area (Å²) in [6.45, 7) is 0. The summed E-state index contributed by atoms with van der Waals surface area (Å²) in [6.07, 6.45) is -4.62. The standard InChI is InChI=1S/C11H15N5O8S2/c12-11-14-7-3(8(19)15-11)13-1-16(7)9-5(18)4(17)6(24-9)10(20)25-2-26(21,22)23/h1,4-6,9-10,17-18,20H,2H2,(H,21,22,23)(H3,12,14,15,19)/t4-,5+,6-,9+,10?/m0/s1. The lowest BCUT2D eigenvalue weighted by Gasteiger charge is -2.20. The first-order valence-electron chi connectivity index (χ1n) is 7.07. The minimum absolute atomic E-state index is 0.0109. The molecular formula is C11H15N5O8S2. The highest BCUT2D eigenvalue weighted by atomic mass is 32.3. The zero-order valence-electron chi connectivity index (χ0n) is 12.8. The molecule has 0 aromatic carbocycles. The van der Waals surface area contributed by atoms with E-state index >= 15 is 0 Å². The quantitative estimate of drug-likeness (QED) is 0.218. The maximum absolute atomic E-state index is 11.8. The molecule has 144 valence electrons. The second-order valence-corrected chi connectivity index (χ2v) is 8.43. The summed E-state index contributed by atoms with van der Waals surface area (Å²) in [5, 5.41) is 29.5. The lowest BCUT2D eigenvalue weighted by atomic mass is 10.1. The van der Waals surface area contributed by atoms with Gasteiger partial charge in [0.25, 0.3) is 15.7 Å². The summed E-state index contributed by atoms with van der Waals surface area (Å²) < 4.78 is 36.8. The van der Waals surface area contributed by atoms with Gasteiger partial charge < -0.3 is 25.8 Å². The molecule has 0 amide bonds. The van der Waals surface area contributed by atoms with E-state index in [2.05, 4.69) is 15.0 Å². The van der Waals surface area contributed by atoms with Crippen LogP contribution in [0.2, 0.25) is 0 Å². The number of aliphatic hydroxyl groups excluding tert-OH is 3. The van der Waals surface area contributed by atoms with E-state index in [1.54, 1.807) is 0 Å². The van der Waals surface area contributed by atoms with E-state index in [4.69, 9.17) is 15.0 Å². The summed E-state index contributed by atoms with van der Waals surface area (Å²) in [5.41, 5.74) is 3.22. The molecule has 3 heterocycles. The minimum Gasteiger partial charge on any atom is -0.387 e. The fraction of sp³-hybridized carbons (Fsp3) is 0.545. The van der Waals surface area contributed by atoms with Gasteiger partial charge in [0, 0.05) is 0 Å². The fourth-order valence-electron chi connectivity index (χ4n) is 2.53. The van der Waals surface area contributed by atoms with Crippen molar-refractivity contribution in [2.24, 2.45) is 0 Å². The van der Waals surface area contributed by atoms with E-state index < -0.39 is 50.7 Å². The topological polar surface area (TPSA) is 214 Å². The van der Waals surface area contributed by atoms with Gasteiger partial charge in [-0.2, -0.15) is 13.4 Å². The summed E-state index contributed by atoms with van der Waals surface area (Å²) in [5.74, 6) is -0.197. The number of imidazole rings is 1. The van der Waals surface area contributed by atoms with Crippen molar-refractivity contribution in [3.05, 3.63) is 16.7 Å². The molecule has 0 radical (unpaired) electrons. The highest BCUT2D eigenvalue weighted by Gasteiger charge is 2.47. The Morgan fingerprint density at radius 1 is 1.42 bits per heavy atom. The number of fused-ring (bicyclic) bond motifs is 1. The zero-order valence-corrected chi connectivity index (χ0v) is 14.5. The monoisotopic (exact) mass is 409 g/mol. The Bertz CT molecular complexity index is 975. The van der Waals surface area contributed by atoms with Crippen LogP contribution >= 0.6 is 11.8 Å². The van der Waals surface area contributed by atoms with Crippen molar-refractivity contribution in [2.45, 2.75) is 30.0 Å². The third-order valence-corrected chi connectivity index (χ3v) is 6.01. The van der Waals surface area contributed by atoms with E-state index in [1.165, 1.54) is 0 Å². The summed E-state index contributed by atoms with van der Waals surface area (Å²) >= 11 is 0.400. The van der Waals surface area contributed by atoms with Crippen LogP contribution in [0.25, 0.3) is 11.2 Å². The first-order chi connectivity index (χ1) is 12.1. The molecule has 1 fully saturated rings. The van der Waals surface area contributed by atoms with Gasteiger partial charge in [0.05, 0.1) is 6.33 Å². The van der Waals surface area contributed by atoms with E-state index in [-0.39, 0.29) is 17.1 Å². The van der Waals surface area contributed by atoms with Gasteiger partial charge in [0.15, 0.2) is 17.4 Å². The normalized spacial score (nSPS) is 27.8. The highest BCUT2D eigenvalue weighted by molar-refractivity contribution is 8.10. The molecule has 5 atom stereocenters. The van der Waals surface area contributed by atoms with Crippen molar-refractivity contribution in [1.82, 2.24) is 19.5 Å². The number of thioether (sulfide) groups is 1. The smallest absolute Gasteiger partial charge is 0.280 e. The Morgan fingerprint density at radius 2 is 2.12 bits per heavy atom. The lowest BCUT2D eigenvalue weighted by molar-refractivity contribution is -0.0594. The molecule has 0 aliphatic carbocycles. The molecule has 1 aliphatic rings. The van der Waals surface area contributed by atoms with Gasteiger partial charge in [0.1, 0.15) is 28.8 Å². The predicted octanol–water partition coefficient (Wildman–Crippen LogP) is -2.78. The number of aromatic amines is 1. The number of anilines is 1. The number of nitrogens with two attached hydrogens (primary N) is 1. The molecule has 1 saturated heterocycles. The van der Waals surface area contributed by atoms with E-state index in [9.17, 15) is 28.5 Å². The third kappa shape index (κ3) is 3.54. The zero-order chi connectivity index (χ0) is 19.2. The first kappa shape index (κ1) is 19.0. The number of aromatic nitrogens is 4. The van der Waals surface area contributed by atoms with Crippen LogP contribution in [-0.2, 0) is 14.9 Å². The van der Waals surface area contributed by atoms with Crippen LogP contribution in [0, 0.1) is 0 Å². The number of H-pyrrole nitrogens is 1. The number of hydrogen-bond donors (Lipinski definition) is 6. The van der Waals surface area contributed by atoms with Crippen LogP contribution in [-0.4, -0.2) is 76.6 Å². The Morgan fingerprint density at radius 3 is 2.77 bits per heavy atom. The van der Waals surface area contributed by atoms with Gasteiger partial charge in [0.2, 0.25) is 5.95 Å². The van der Waals surface area contributed by atoms with Crippen molar-refractivity contribution < 1.29 is 33.0 Å².